The van der Waals surface area contributed by atoms with Crippen molar-refractivity contribution in [3.8, 4) is 0 Å². The molecule has 1 N–H and O–H groups in total. The Morgan fingerprint density at radius 2 is 1.91 bits per heavy atom. The molecular formula is C19H38N4. The summed E-state index contributed by atoms with van der Waals surface area (Å²) in [5, 5.41) is 3.63. The standard InChI is InChI=1S/C19H38N4/c1-5-23-12-6-7-18(15-23)13-21-19(20-3)22(4)14-17-10-8-16(2)9-11-17/h16-18H,5-15H2,1-4H3,(H,20,21). The topological polar surface area (TPSA) is 30.9 Å². The van der Waals surface area contributed by atoms with Gasteiger partial charge in [0.2, 0.25) is 0 Å². The first-order valence-electron chi connectivity index (χ1n) is 9.76. The molecule has 1 heterocycles. The Hall–Kier alpha value is -0.770. The molecule has 1 saturated heterocycles. The van der Waals surface area contributed by atoms with Crippen molar-refractivity contribution in [2.75, 3.05) is 46.8 Å². The number of nitrogens with zero attached hydrogens (tertiary/aromatic N) is 3. The average molecular weight is 323 g/mol. The molecule has 134 valence electrons. The zero-order chi connectivity index (χ0) is 16.7. The summed E-state index contributed by atoms with van der Waals surface area (Å²) >= 11 is 0. The highest BCUT2D eigenvalue weighted by molar-refractivity contribution is 5.79. The molecule has 1 atom stereocenters. The van der Waals surface area contributed by atoms with E-state index < -0.39 is 0 Å². The molecule has 0 aromatic carbocycles. The zero-order valence-electron chi connectivity index (χ0n) is 15.9. The third kappa shape index (κ3) is 5.98. The number of rotatable bonds is 5. The van der Waals surface area contributed by atoms with Crippen molar-refractivity contribution in [3.05, 3.63) is 0 Å². The average Bonchev–Trinajstić information content (AvgIpc) is 2.57. The maximum Gasteiger partial charge on any atom is 0.193 e. The van der Waals surface area contributed by atoms with Gasteiger partial charge >= 0.3 is 0 Å². The van der Waals surface area contributed by atoms with Gasteiger partial charge in [-0.3, -0.25) is 4.99 Å². The number of aliphatic imine (C=N–C) groups is 1. The second-order valence-corrected chi connectivity index (χ2v) is 7.84. The molecule has 23 heavy (non-hydrogen) atoms. The highest BCUT2D eigenvalue weighted by atomic mass is 15.3. The lowest BCUT2D eigenvalue weighted by molar-refractivity contribution is 0.182. The number of likely N-dealkylation sites (tertiary alicyclic amines) is 1. The van der Waals surface area contributed by atoms with E-state index in [9.17, 15) is 0 Å². The van der Waals surface area contributed by atoms with Gasteiger partial charge in [-0.2, -0.15) is 0 Å². The number of hydrogen-bond donors (Lipinski definition) is 1. The van der Waals surface area contributed by atoms with Gasteiger partial charge < -0.3 is 15.1 Å². The minimum atomic E-state index is 0.768. The largest absolute Gasteiger partial charge is 0.356 e. The van der Waals surface area contributed by atoms with Crippen LogP contribution in [-0.4, -0.2) is 62.6 Å². The molecule has 1 aliphatic heterocycles. The van der Waals surface area contributed by atoms with E-state index in [0.29, 0.717) is 0 Å². The third-order valence-electron chi connectivity index (χ3n) is 5.84. The lowest BCUT2D eigenvalue weighted by atomic mass is 9.83. The maximum absolute atomic E-state index is 4.51. The molecule has 1 aliphatic carbocycles. The Kier molecular flexibility index (Phi) is 7.68. The Labute approximate surface area is 143 Å². The van der Waals surface area contributed by atoms with Crippen LogP contribution in [0.25, 0.3) is 0 Å². The maximum atomic E-state index is 4.51. The first-order valence-corrected chi connectivity index (χ1v) is 9.76. The predicted octanol–water partition coefficient (Wildman–Crippen LogP) is 3.05. The van der Waals surface area contributed by atoms with E-state index in [4.69, 9.17) is 0 Å². The molecule has 2 rings (SSSR count). The molecule has 0 aromatic heterocycles. The Morgan fingerprint density at radius 1 is 1.17 bits per heavy atom. The van der Waals surface area contributed by atoms with Crippen molar-refractivity contribution in [2.45, 2.75) is 52.4 Å². The Balaban J connectivity index is 1.73. The molecule has 4 nitrogen and oxygen atoms in total. The van der Waals surface area contributed by atoms with E-state index in [2.05, 4.69) is 41.0 Å². The van der Waals surface area contributed by atoms with Gasteiger partial charge in [-0.15, -0.1) is 0 Å². The highest BCUT2D eigenvalue weighted by Gasteiger charge is 2.22. The number of hydrogen-bond acceptors (Lipinski definition) is 2. The fourth-order valence-corrected chi connectivity index (χ4v) is 4.21. The lowest BCUT2D eigenvalue weighted by Gasteiger charge is -2.34. The first-order chi connectivity index (χ1) is 11.1. The van der Waals surface area contributed by atoms with Crippen molar-refractivity contribution >= 4 is 5.96 Å². The Morgan fingerprint density at radius 3 is 2.57 bits per heavy atom. The summed E-state index contributed by atoms with van der Waals surface area (Å²) in [5.74, 6) is 3.63. The van der Waals surface area contributed by atoms with Crippen molar-refractivity contribution in [2.24, 2.45) is 22.7 Å². The second-order valence-electron chi connectivity index (χ2n) is 7.84. The van der Waals surface area contributed by atoms with Crippen LogP contribution in [0.3, 0.4) is 0 Å². The van der Waals surface area contributed by atoms with Crippen molar-refractivity contribution in [1.82, 2.24) is 15.1 Å². The van der Waals surface area contributed by atoms with Crippen LogP contribution in [-0.2, 0) is 0 Å². The predicted molar refractivity (Wildman–Crippen MR) is 100.0 cm³/mol. The molecule has 0 aromatic rings. The van der Waals surface area contributed by atoms with Gasteiger partial charge in [0.05, 0.1) is 0 Å². The highest BCUT2D eigenvalue weighted by Crippen LogP contribution is 2.28. The van der Waals surface area contributed by atoms with Gasteiger partial charge in [-0.25, -0.2) is 0 Å². The van der Waals surface area contributed by atoms with Gasteiger partial charge in [-0.05, 0) is 56.5 Å². The minimum absolute atomic E-state index is 0.768. The van der Waals surface area contributed by atoms with Gasteiger partial charge in [-0.1, -0.05) is 26.7 Å². The van der Waals surface area contributed by atoms with Crippen LogP contribution in [0.2, 0.25) is 0 Å². The molecular weight excluding hydrogens is 284 g/mol. The van der Waals surface area contributed by atoms with E-state index >= 15 is 0 Å². The van der Waals surface area contributed by atoms with E-state index in [0.717, 1.165) is 36.8 Å². The van der Waals surface area contributed by atoms with Crippen molar-refractivity contribution in [3.63, 3.8) is 0 Å². The summed E-state index contributed by atoms with van der Waals surface area (Å²) in [6.07, 6.45) is 8.27. The van der Waals surface area contributed by atoms with Crippen LogP contribution in [0, 0.1) is 17.8 Å². The minimum Gasteiger partial charge on any atom is -0.356 e. The van der Waals surface area contributed by atoms with Crippen LogP contribution < -0.4 is 5.32 Å². The quantitative estimate of drug-likeness (QED) is 0.623. The van der Waals surface area contributed by atoms with E-state index in [-0.39, 0.29) is 0 Å². The molecule has 1 saturated carbocycles. The molecule has 2 fully saturated rings. The van der Waals surface area contributed by atoms with Crippen LogP contribution in [0.15, 0.2) is 4.99 Å². The van der Waals surface area contributed by atoms with Crippen LogP contribution in [0.1, 0.15) is 52.4 Å². The molecule has 0 radical (unpaired) electrons. The monoisotopic (exact) mass is 322 g/mol. The van der Waals surface area contributed by atoms with Gasteiger partial charge in [0.1, 0.15) is 0 Å². The summed E-state index contributed by atoms with van der Waals surface area (Å²) in [6.45, 7) is 10.6. The number of piperidine rings is 1. The van der Waals surface area contributed by atoms with Crippen LogP contribution in [0.5, 0.6) is 0 Å². The number of nitrogens with one attached hydrogen (secondary N) is 1. The van der Waals surface area contributed by atoms with E-state index in [1.807, 2.05) is 7.05 Å². The lowest BCUT2D eigenvalue weighted by Crippen LogP contribution is -2.46. The first kappa shape index (κ1) is 18.6. The van der Waals surface area contributed by atoms with E-state index in [1.54, 1.807) is 0 Å². The van der Waals surface area contributed by atoms with Crippen LogP contribution >= 0.6 is 0 Å². The molecule has 0 spiro atoms. The summed E-state index contributed by atoms with van der Waals surface area (Å²) < 4.78 is 0. The molecule has 1 unspecified atom stereocenters. The second kappa shape index (κ2) is 9.51. The summed E-state index contributed by atoms with van der Waals surface area (Å²) in [4.78, 5) is 9.43. The fourth-order valence-electron chi connectivity index (χ4n) is 4.21. The molecule has 0 amide bonds. The third-order valence-corrected chi connectivity index (χ3v) is 5.84. The van der Waals surface area contributed by atoms with E-state index in [1.165, 1.54) is 58.2 Å². The van der Waals surface area contributed by atoms with Gasteiger partial charge in [0.25, 0.3) is 0 Å². The fraction of sp³-hybridized carbons (Fsp3) is 0.947. The van der Waals surface area contributed by atoms with Crippen LogP contribution in [0.4, 0.5) is 0 Å². The number of guanidine groups is 1. The summed E-state index contributed by atoms with van der Waals surface area (Å²) in [6, 6.07) is 0. The molecule has 0 bridgehead atoms. The zero-order valence-corrected chi connectivity index (χ0v) is 15.9. The summed E-state index contributed by atoms with van der Waals surface area (Å²) in [7, 11) is 4.12. The molecule has 4 heteroatoms. The summed E-state index contributed by atoms with van der Waals surface area (Å²) in [5.41, 5.74) is 0. The Bertz CT molecular complexity index is 360. The normalized spacial score (nSPS) is 30.3. The smallest absolute Gasteiger partial charge is 0.193 e. The molecule has 2 aliphatic rings. The SMILES string of the molecule is CCN1CCCC(CNC(=NC)N(C)CC2CCC(C)CC2)C1. The van der Waals surface area contributed by atoms with Crippen molar-refractivity contribution in [1.29, 1.82) is 0 Å². The van der Waals surface area contributed by atoms with Gasteiger partial charge in [0.15, 0.2) is 5.96 Å². The van der Waals surface area contributed by atoms with Crippen molar-refractivity contribution < 1.29 is 0 Å². The van der Waals surface area contributed by atoms with Gasteiger partial charge in [0, 0.05) is 33.7 Å².